The first-order valence-corrected chi connectivity index (χ1v) is 7.32. The van der Waals surface area contributed by atoms with Crippen LogP contribution in [-0.4, -0.2) is 31.1 Å². The molecule has 2 rings (SSSR count). The van der Waals surface area contributed by atoms with Gasteiger partial charge in [-0.3, -0.25) is 9.36 Å². The van der Waals surface area contributed by atoms with E-state index >= 15 is 0 Å². The van der Waals surface area contributed by atoms with Crippen LogP contribution in [-0.2, 0) is 33.0 Å². The van der Waals surface area contributed by atoms with Crippen LogP contribution in [0.15, 0.2) is 6.33 Å². The van der Waals surface area contributed by atoms with Gasteiger partial charge in [-0.1, -0.05) is 18.5 Å². The molecule has 2 aromatic rings. The molecule has 1 N–H and O–H groups in total. The van der Waals surface area contributed by atoms with Crippen LogP contribution in [0.3, 0.4) is 0 Å². The Bertz CT molecular complexity index is 559. The Balaban J connectivity index is 1.89. The second-order valence-electron chi connectivity index (χ2n) is 4.64. The fraction of sp³-hybridized carbons (Fsp3) is 0.615. The number of aryl methyl sites for hydroxylation is 3. The topological polar surface area (TPSA) is 60.6 Å². The minimum atomic E-state index is 0.715. The monoisotopic (exact) mass is 296 g/mol. The lowest BCUT2D eigenvalue weighted by Gasteiger charge is -2.06. The smallest absolute Gasteiger partial charge is 0.151 e. The maximum absolute atomic E-state index is 6.36. The van der Waals surface area contributed by atoms with Gasteiger partial charge in [0.05, 0.1) is 16.4 Å². The highest BCUT2D eigenvalue weighted by atomic mass is 35.5. The summed E-state index contributed by atoms with van der Waals surface area (Å²) in [5, 5.41) is 12.9. The Hall–Kier alpha value is -1.40. The lowest BCUT2D eigenvalue weighted by atomic mass is 10.3. The molecule has 0 fully saturated rings. The summed E-state index contributed by atoms with van der Waals surface area (Å²) in [6.45, 7) is 6.50. The summed E-state index contributed by atoms with van der Waals surface area (Å²) in [5.41, 5.74) is 2.02. The number of aromatic nitrogens is 5. The van der Waals surface area contributed by atoms with Crippen LogP contribution < -0.4 is 5.32 Å². The summed E-state index contributed by atoms with van der Waals surface area (Å²) in [6, 6.07) is 0. The summed E-state index contributed by atoms with van der Waals surface area (Å²) in [4.78, 5) is 4.20. The molecule has 0 bridgehead atoms. The zero-order chi connectivity index (χ0) is 14.5. The van der Waals surface area contributed by atoms with E-state index in [0.29, 0.717) is 6.54 Å². The molecule has 2 heterocycles. The van der Waals surface area contributed by atoms with Crippen LogP contribution in [0.1, 0.15) is 31.1 Å². The van der Waals surface area contributed by atoms with Crippen LogP contribution in [0.2, 0.25) is 5.02 Å². The molecule has 6 nitrogen and oxygen atoms in total. The van der Waals surface area contributed by atoms with Crippen molar-refractivity contribution in [3.05, 3.63) is 28.6 Å². The Labute approximate surface area is 124 Å². The van der Waals surface area contributed by atoms with Crippen LogP contribution >= 0.6 is 11.6 Å². The van der Waals surface area contributed by atoms with E-state index in [1.54, 1.807) is 11.0 Å². The Morgan fingerprint density at radius 1 is 1.30 bits per heavy atom. The Morgan fingerprint density at radius 3 is 2.70 bits per heavy atom. The molecular formula is C13H21ClN6. The zero-order valence-electron chi connectivity index (χ0n) is 12.2. The molecule has 2 aromatic heterocycles. The van der Waals surface area contributed by atoms with Gasteiger partial charge in [0.25, 0.3) is 0 Å². The molecule has 20 heavy (non-hydrogen) atoms. The van der Waals surface area contributed by atoms with Gasteiger partial charge in [-0.15, -0.1) is 0 Å². The largest absolute Gasteiger partial charge is 0.311 e. The fourth-order valence-corrected chi connectivity index (χ4v) is 2.43. The fourth-order valence-electron chi connectivity index (χ4n) is 2.09. The van der Waals surface area contributed by atoms with Crippen molar-refractivity contribution in [2.75, 3.05) is 6.54 Å². The number of nitrogens with one attached hydrogen (secondary N) is 1. The molecule has 0 aromatic carbocycles. The molecule has 7 heteroatoms. The van der Waals surface area contributed by atoms with Crippen molar-refractivity contribution in [3.63, 3.8) is 0 Å². The van der Waals surface area contributed by atoms with Crippen molar-refractivity contribution in [2.45, 2.75) is 39.8 Å². The van der Waals surface area contributed by atoms with Crippen molar-refractivity contribution < 1.29 is 0 Å². The predicted octanol–water partition coefficient (Wildman–Crippen LogP) is 1.58. The van der Waals surface area contributed by atoms with Gasteiger partial charge < -0.3 is 5.32 Å². The molecule has 0 spiro atoms. The van der Waals surface area contributed by atoms with E-state index in [0.717, 1.165) is 48.2 Å². The third-order valence-electron chi connectivity index (χ3n) is 3.16. The van der Waals surface area contributed by atoms with Gasteiger partial charge in [0.15, 0.2) is 5.82 Å². The maximum Gasteiger partial charge on any atom is 0.151 e. The van der Waals surface area contributed by atoms with Crippen LogP contribution in [0.25, 0.3) is 0 Å². The molecule has 0 aliphatic rings. The standard InChI is InChI=1S/C13H21ClN6/c1-4-10-13(14)11(20(5-2)17-10)8-15-7-6-12-16-9-19(3)18-12/h9,15H,4-8H2,1-3H3. The predicted molar refractivity (Wildman–Crippen MR) is 78.7 cm³/mol. The lowest BCUT2D eigenvalue weighted by molar-refractivity contribution is 0.575. The zero-order valence-corrected chi connectivity index (χ0v) is 13.0. The van der Waals surface area contributed by atoms with E-state index in [2.05, 4.69) is 34.3 Å². The van der Waals surface area contributed by atoms with Gasteiger partial charge in [-0.2, -0.15) is 10.2 Å². The van der Waals surface area contributed by atoms with Gasteiger partial charge in [-0.25, -0.2) is 4.98 Å². The summed E-state index contributed by atoms with van der Waals surface area (Å²) < 4.78 is 3.68. The van der Waals surface area contributed by atoms with Gasteiger partial charge in [0.1, 0.15) is 6.33 Å². The van der Waals surface area contributed by atoms with Crippen molar-refractivity contribution in [1.82, 2.24) is 29.9 Å². The molecule has 0 radical (unpaired) electrons. The normalized spacial score (nSPS) is 11.2. The first-order chi connectivity index (χ1) is 9.65. The van der Waals surface area contributed by atoms with Gasteiger partial charge in [-0.05, 0) is 13.3 Å². The van der Waals surface area contributed by atoms with E-state index in [1.165, 1.54) is 0 Å². The second kappa shape index (κ2) is 6.85. The highest BCUT2D eigenvalue weighted by molar-refractivity contribution is 6.31. The van der Waals surface area contributed by atoms with Crippen molar-refractivity contribution in [1.29, 1.82) is 0 Å². The Morgan fingerprint density at radius 2 is 2.10 bits per heavy atom. The molecule has 0 amide bonds. The molecular weight excluding hydrogens is 276 g/mol. The lowest BCUT2D eigenvalue weighted by Crippen LogP contribution is -2.20. The minimum absolute atomic E-state index is 0.715. The summed E-state index contributed by atoms with van der Waals surface area (Å²) in [6.07, 6.45) is 3.38. The molecule has 110 valence electrons. The molecule has 0 aliphatic carbocycles. The molecule has 0 unspecified atom stereocenters. The molecule has 0 atom stereocenters. The summed E-state index contributed by atoms with van der Waals surface area (Å²) in [7, 11) is 1.87. The first kappa shape index (κ1) is 15.0. The van der Waals surface area contributed by atoms with E-state index in [-0.39, 0.29) is 0 Å². The van der Waals surface area contributed by atoms with Gasteiger partial charge in [0, 0.05) is 33.1 Å². The van der Waals surface area contributed by atoms with Crippen LogP contribution in [0.5, 0.6) is 0 Å². The van der Waals surface area contributed by atoms with E-state index in [1.807, 2.05) is 11.7 Å². The van der Waals surface area contributed by atoms with Crippen LogP contribution in [0.4, 0.5) is 0 Å². The van der Waals surface area contributed by atoms with E-state index in [4.69, 9.17) is 11.6 Å². The van der Waals surface area contributed by atoms with E-state index in [9.17, 15) is 0 Å². The Kier molecular flexibility index (Phi) is 5.14. The highest BCUT2D eigenvalue weighted by Crippen LogP contribution is 2.21. The minimum Gasteiger partial charge on any atom is -0.311 e. The SMILES string of the molecule is CCc1nn(CC)c(CNCCc2ncn(C)n2)c1Cl. The van der Waals surface area contributed by atoms with Gasteiger partial charge in [0.2, 0.25) is 0 Å². The maximum atomic E-state index is 6.36. The van der Waals surface area contributed by atoms with Crippen molar-refractivity contribution >= 4 is 11.6 Å². The number of halogens is 1. The van der Waals surface area contributed by atoms with Gasteiger partial charge >= 0.3 is 0 Å². The number of nitrogens with zero attached hydrogens (tertiary/aromatic N) is 5. The third kappa shape index (κ3) is 3.37. The molecule has 0 aliphatic heterocycles. The number of hydrogen-bond acceptors (Lipinski definition) is 4. The highest BCUT2D eigenvalue weighted by Gasteiger charge is 2.13. The van der Waals surface area contributed by atoms with Crippen molar-refractivity contribution in [2.24, 2.45) is 7.05 Å². The second-order valence-corrected chi connectivity index (χ2v) is 5.02. The summed E-state index contributed by atoms with van der Waals surface area (Å²) >= 11 is 6.36. The van der Waals surface area contributed by atoms with Crippen molar-refractivity contribution in [3.8, 4) is 0 Å². The third-order valence-corrected chi connectivity index (χ3v) is 3.60. The number of rotatable bonds is 7. The molecule has 0 saturated carbocycles. The quantitative estimate of drug-likeness (QED) is 0.788. The summed E-state index contributed by atoms with van der Waals surface area (Å²) in [5.74, 6) is 0.851. The number of hydrogen-bond donors (Lipinski definition) is 1. The van der Waals surface area contributed by atoms with Crippen LogP contribution in [0, 0.1) is 0 Å². The molecule has 0 saturated heterocycles. The van der Waals surface area contributed by atoms with E-state index < -0.39 is 0 Å². The average Bonchev–Trinajstić information content (AvgIpc) is 2.99. The first-order valence-electron chi connectivity index (χ1n) is 6.95. The average molecular weight is 297 g/mol.